The molecule has 6 amide bonds. The topological polar surface area (TPSA) is 217 Å². The number of ether oxygens (including phenoxy) is 3. The van der Waals surface area contributed by atoms with E-state index in [1.54, 1.807) is 69.0 Å². The van der Waals surface area contributed by atoms with Crippen LogP contribution in [0.15, 0.2) is 59.7 Å². The van der Waals surface area contributed by atoms with Crippen molar-refractivity contribution < 1.29 is 47.8 Å². The van der Waals surface area contributed by atoms with Crippen LogP contribution in [0.5, 0.6) is 0 Å². The van der Waals surface area contributed by atoms with Gasteiger partial charge in [0.05, 0.1) is 65.3 Å². The van der Waals surface area contributed by atoms with Crippen molar-refractivity contribution in [2.24, 2.45) is 28.8 Å². The number of likely N-dealkylation sites (tertiary alicyclic amines) is 1. The number of halogens is 1. The summed E-state index contributed by atoms with van der Waals surface area (Å²) in [5.41, 5.74) is 4.55. The number of rotatable bonds is 28. The maximum absolute atomic E-state index is 14.5. The van der Waals surface area contributed by atoms with Crippen LogP contribution in [0.25, 0.3) is 0 Å². The van der Waals surface area contributed by atoms with Crippen LogP contribution in [0.2, 0.25) is 0 Å². The van der Waals surface area contributed by atoms with Gasteiger partial charge in [0.25, 0.3) is 0 Å². The number of nitrogens with one attached hydrogen (secondary N) is 4. The number of hydrogen-bond donors (Lipinski definition) is 4. The quantitative estimate of drug-likeness (QED) is 0.0362. The van der Waals surface area contributed by atoms with E-state index in [0.717, 1.165) is 0 Å². The van der Waals surface area contributed by atoms with Crippen molar-refractivity contribution in [3.05, 3.63) is 71.3 Å². The molecule has 406 valence electrons. The summed E-state index contributed by atoms with van der Waals surface area (Å²) >= 11 is 3.06. The Balaban J connectivity index is 1.76. The lowest BCUT2D eigenvalue weighted by Gasteiger charge is -2.41. The van der Waals surface area contributed by atoms with E-state index < -0.39 is 60.4 Å². The van der Waals surface area contributed by atoms with E-state index in [-0.39, 0.29) is 83.5 Å². The molecule has 0 unspecified atom stereocenters. The second kappa shape index (κ2) is 30.2. The summed E-state index contributed by atoms with van der Waals surface area (Å²) in [6, 6.07) is 12.8. The monoisotopic (exact) mass is 1080 g/mol. The Labute approximate surface area is 441 Å². The Kier molecular flexibility index (Phi) is 25.7. The number of hydrazone groups is 1. The predicted octanol–water partition coefficient (Wildman–Crippen LogP) is 5.48. The Morgan fingerprint density at radius 3 is 2.00 bits per heavy atom. The van der Waals surface area contributed by atoms with Crippen molar-refractivity contribution in [1.82, 2.24) is 36.1 Å². The number of carbonyl (C=O) groups excluding carboxylic acids is 7. The predicted molar refractivity (Wildman–Crippen MR) is 286 cm³/mol. The Hall–Kier alpha value is -5.24. The van der Waals surface area contributed by atoms with Gasteiger partial charge in [0.1, 0.15) is 12.1 Å². The zero-order valence-electron chi connectivity index (χ0n) is 45.5. The number of alkyl halides is 1. The van der Waals surface area contributed by atoms with Crippen LogP contribution in [0, 0.1) is 23.7 Å². The standard InChI is InChI=1S/C54H83BrN8O10/c1-15-34(6)48(62(12)53(69)46(32(2)3)58-52(68)47(33(4)5)61(10)11)42(71-13)30-45(66)63-29-19-22-41(63)49(72-14)35(7)51(67)57-37(9)50(39-20-17-16-18-21-39)73-54(70)40-25-23-38(24-26-40)36(8)59-60-43(64)27-28-56-44(65)31-55/h16-18,20-21,23-26,32-35,37,41-42,46-50H,15,19,22,27-31H2,1-14H3,(H,56,65)(H,57,67)(H,58,68)(H,60,64)/b59-36+/t34-,35+,37+,41-,42+,46-,47-,48-,49+,50+/m0/s1. The molecule has 73 heavy (non-hydrogen) atoms. The number of amides is 6. The van der Waals surface area contributed by atoms with Gasteiger partial charge in [0, 0.05) is 40.8 Å². The molecular weight excluding hydrogens is 1000 g/mol. The van der Waals surface area contributed by atoms with E-state index in [1.807, 2.05) is 90.9 Å². The van der Waals surface area contributed by atoms with Crippen molar-refractivity contribution in [1.29, 1.82) is 0 Å². The van der Waals surface area contributed by atoms with Gasteiger partial charge in [-0.15, -0.1) is 0 Å². The first kappa shape index (κ1) is 62.1. The fourth-order valence-electron chi connectivity index (χ4n) is 9.60. The van der Waals surface area contributed by atoms with Crippen LogP contribution in [-0.4, -0.2) is 158 Å². The maximum atomic E-state index is 14.5. The third-order valence-corrected chi connectivity index (χ3v) is 14.3. The molecule has 0 radical (unpaired) electrons. The van der Waals surface area contributed by atoms with Crippen LogP contribution >= 0.6 is 15.9 Å². The molecule has 19 heteroatoms. The molecule has 1 aliphatic rings. The average molecular weight is 1080 g/mol. The number of methoxy groups -OCH3 is 2. The fraction of sp³-hybridized carbons (Fsp3) is 0.630. The minimum absolute atomic E-state index is 0.0169. The molecule has 1 saturated heterocycles. The molecular formula is C54H83BrN8O10. The highest BCUT2D eigenvalue weighted by Crippen LogP contribution is 2.31. The Morgan fingerprint density at radius 1 is 0.822 bits per heavy atom. The second-order valence-corrected chi connectivity index (χ2v) is 20.6. The SMILES string of the molecule is CC[C@H](C)[C@@H]([C@@H](CC(=O)N1CCC[C@H]1[C@H](OC)[C@@H](C)C(=O)N[C@H](C)[C@@H](OC(=O)c1ccc(/C(C)=N/NC(=O)CCNC(=O)CBr)cc1)c1ccccc1)OC)N(C)C(=O)[C@@H](NC(=O)[C@H](C(C)C)N(C)C)C(C)C. The molecule has 0 spiro atoms. The molecule has 4 N–H and O–H groups in total. The lowest BCUT2D eigenvalue weighted by atomic mass is 9.89. The lowest BCUT2D eigenvalue weighted by molar-refractivity contribution is -0.148. The van der Waals surface area contributed by atoms with Crippen LogP contribution < -0.4 is 21.4 Å². The normalized spacial score (nSPS) is 17.6. The summed E-state index contributed by atoms with van der Waals surface area (Å²) in [5.74, 6) is -3.24. The molecule has 10 atom stereocenters. The van der Waals surface area contributed by atoms with Gasteiger partial charge < -0.3 is 40.0 Å². The number of benzene rings is 2. The molecule has 2 aromatic carbocycles. The van der Waals surface area contributed by atoms with Gasteiger partial charge in [-0.05, 0) is 81.8 Å². The third kappa shape index (κ3) is 17.7. The van der Waals surface area contributed by atoms with E-state index in [9.17, 15) is 33.6 Å². The molecule has 0 aromatic heterocycles. The highest BCUT2D eigenvalue weighted by atomic mass is 79.9. The lowest BCUT2D eigenvalue weighted by Crippen LogP contribution is -2.59. The van der Waals surface area contributed by atoms with Gasteiger partial charge in [-0.3, -0.25) is 33.7 Å². The van der Waals surface area contributed by atoms with E-state index in [2.05, 4.69) is 42.4 Å². The largest absolute Gasteiger partial charge is 0.452 e. The summed E-state index contributed by atoms with van der Waals surface area (Å²) < 4.78 is 18.3. The number of likely N-dealkylation sites (N-methyl/N-ethyl adjacent to an activating group) is 2. The molecule has 1 aliphatic heterocycles. The zero-order chi connectivity index (χ0) is 54.7. The molecule has 0 bridgehead atoms. The van der Waals surface area contributed by atoms with Crippen LogP contribution in [0.1, 0.15) is 122 Å². The van der Waals surface area contributed by atoms with E-state index in [1.165, 1.54) is 7.11 Å². The smallest absolute Gasteiger partial charge is 0.338 e. The molecule has 18 nitrogen and oxygen atoms in total. The van der Waals surface area contributed by atoms with Crippen molar-refractivity contribution in [3.63, 3.8) is 0 Å². The highest BCUT2D eigenvalue weighted by Gasteiger charge is 2.43. The molecule has 3 rings (SSSR count). The van der Waals surface area contributed by atoms with Crippen LogP contribution in [0.4, 0.5) is 0 Å². The second-order valence-electron chi connectivity index (χ2n) is 20.0. The van der Waals surface area contributed by atoms with Crippen molar-refractivity contribution >= 4 is 63.1 Å². The van der Waals surface area contributed by atoms with Gasteiger partial charge in [-0.25, -0.2) is 10.2 Å². The first-order valence-corrected chi connectivity index (χ1v) is 26.6. The first-order chi connectivity index (χ1) is 34.5. The minimum Gasteiger partial charge on any atom is -0.452 e. The molecule has 0 saturated carbocycles. The van der Waals surface area contributed by atoms with E-state index in [4.69, 9.17) is 14.2 Å². The van der Waals surface area contributed by atoms with Crippen LogP contribution in [-0.2, 0) is 43.0 Å². The van der Waals surface area contributed by atoms with Gasteiger partial charge in [0.15, 0.2) is 0 Å². The average Bonchev–Trinajstić information content (AvgIpc) is 3.85. The van der Waals surface area contributed by atoms with Gasteiger partial charge in [0.2, 0.25) is 35.4 Å². The Bertz CT molecular complexity index is 2150. The molecule has 2 aromatic rings. The highest BCUT2D eigenvalue weighted by molar-refractivity contribution is 9.09. The maximum Gasteiger partial charge on any atom is 0.338 e. The number of hydrogen-bond acceptors (Lipinski definition) is 12. The number of carbonyl (C=O) groups is 7. The van der Waals surface area contributed by atoms with Crippen molar-refractivity contribution in [2.75, 3.05) is 53.8 Å². The third-order valence-electron chi connectivity index (χ3n) is 13.8. The fourth-order valence-corrected chi connectivity index (χ4v) is 9.80. The molecule has 1 heterocycles. The number of esters is 1. The minimum atomic E-state index is -0.885. The Morgan fingerprint density at radius 2 is 1.45 bits per heavy atom. The summed E-state index contributed by atoms with van der Waals surface area (Å²) in [7, 11) is 8.48. The molecule has 1 fully saturated rings. The van der Waals surface area contributed by atoms with Gasteiger partial charge in [-0.2, -0.15) is 5.10 Å². The van der Waals surface area contributed by atoms with E-state index in [0.29, 0.717) is 42.6 Å². The molecule has 0 aliphatic carbocycles. The summed E-state index contributed by atoms with van der Waals surface area (Å²) in [6.45, 7) is 17.7. The van der Waals surface area contributed by atoms with Crippen molar-refractivity contribution in [3.8, 4) is 0 Å². The van der Waals surface area contributed by atoms with E-state index >= 15 is 0 Å². The number of nitrogens with zero attached hydrogens (tertiary/aromatic N) is 4. The summed E-state index contributed by atoms with van der Waals surface area (Å²) in [6.07, 6.45) is -0.231. The summed E-state index contributed by atoms with van der Waals surface area (Å²) in [4.78, 5) is 99.3. The van der Waals surface area contributed by atoms with Crippen molar-refractivity contribution in [2.45, 2.75) is 143 Å². The van der Waals surface area contributed by atoms with Gasteiger partial charge >= 0.3 is 5.97 Å². The van der Waals surface area contributed by atoms with Gasteiger partial charge in [-0.1, -0.05) is 113 Å². The first-order valence-electron chi connectivity index (χ1n) is 25.4. The van der Waals surface area contributed by atoms with Crippen LogP contribution in [0.3, 0.4) is 0 Å². The summed E-state index contributed by atoms with van der Waals surface area (Å²) in [5, 5.41) is 13.0. The zero-order valence-corrected chi connectivity index (χ0v) is 47.1.